The second kappa shape index (κ2) is 7.39. The molecule has 0 aromatic carbocycles. The number of rotatable bonds is 6. The molecule has 0 saturated heterocycles. The van der Waals surface area contributed by atoms with E-state index in [1.807, 2.05) is 46.9 Å². The highest BCUT2D eigenvalue weighted by molar-refractivity contribution is 5.30. The van der Waals surface area contributed by atoms with Crippen molar-refractivity contribution >= 4 is 0 Å². The maximum Gasteiger partial charge on any atom is 0.0696 e. The van der Waals surface area contributed by atoms with Crippen LogP contribution in [-0.4, -0.2) is 41.8 Å². The summed E-state index contributed by atoms with van der Waals surface area (Å²) in [6.45, 7) is 3.58. The van der Waals surface area contributed by atoms with Gasteiger partial charge in [0.05, 0.1) is 17.5 Å². The van der Waals surface area contributed by atoms with Crippen molar-refractivity contribution in [2.45, 2.75) is 45.0 Å². The molecular weight excluding hydrogens is 328 g/mol. The summed E-state index contributed by atoms with van der Waals surface area (Å²) in [7, 11) is 0. The van der Waals surface area contributed by atoms with Gasteiger partial charge in [-0.05, 0) is 43.9 Å². The molecule has 136 valence electrons. The van der Waals surface area contributed by atoms with Crippen molar-refractivity contribution in [2.75, 3.05) is 0 Å². The molecule has 0 bridgehead atoms. The predicted molar refractivity (Wildman–Crippen MR) is 97.7 cm³/mol. The van der Waals surface area contributed by atoms with E-state index in [0.717, 1.165) is 36.3 Å². The fourth-order valence-electron chi connectivity index (χ4n) is 3.70. The van der Waals surface area contributed by atoms with Crippen LogP contribution in [0.2, 0.25) is 0 Å². The molecule has 0 spiro atoms. The SMILES string of the molecule is Cc1nn(-c2ccncc2)cc1CN[C@@H]1CC(Cn2cccn2)C[C@H]1O. The molecule has 2 N–H and O–H groups in total. The Bertz CT molecular complexity index is 829. The van der Waals surface area contributed by atoms with E-state index >= 15 is 0 Å². The highest BCUT2D eigenvalue weighted by Crippen LogP contribution is 2.27. The lowest BCUT2D eigenvalue weighted by Gasteiger charge is -2.16. The summed E-state index contributed by atoms with van der Waals surface area (Å²) in [6.07, 6.45) is 10.8. The molecule has 0 radical (unpaired) electrons. The van der Waals surface area contributed by atoms with Crippen LogP contribution in [0.15, 0.2) is 49.2 Å². The lowest BCUT2D eigenvalue weighted by molar-refractivity contribution is 0.145. The van der Waals surface area contributed by atoms with Crippen LogP contribution in [0.25, 0.3) is 5.69 Å². The molecule has 1 aliphatic rings. The maximum absolute atomic E-state index is 10.4. The van der Waals surface area contributed by atoms with Crippen molar-refractivity contribution in [3.05, 3.63) is 60.4 Å². The smallest absolute Gasteiger partial charge is 0.0696 e. The summed E-state index contributed by atoms with van der Waals surface area (Å²) in [4.78, 5) is 4.04. The first-order chi connectivity index (χ1) is 12.7. The van der Waals surface area contributed by atoms with Crippen LogP contribution >= 0.6 is 0 Å². The second-order valence-electron chi connectivity index (χ2n) is 7.01. The average molecular weight is 352 g/mol. The van der Waals surface area contributed by atoms with Gasteiger partial charge in [-0.2, -0.15) is 10.2 Å². The first-order valence-electron chi connectivity index (χ1n) is 9.03. The molecule has 7 heteroatoms. The number of nitrogens with one attached hydrogen (secondary N) is 1. The summed E-state index contributed by atoms with van der Waals surface area (Å²) in [5.41, 5.74) is 3.13. The van der Waals surface area contributed by atoms with Gasteiger partial charge in [-0.3, -0.25) is 9.67 Å². The van der Waals surface area contributed by atoms with Crippen molar-refractivity contribution in [2.24, 2.45) is 5.92 Å². The summed E-state index contributed by atoms with van der Waals surface area (Å²) in [5, 5.41) is 22.8. The van der Waals surface area contributed by atoms with E-state index < -0.39 is 0 Å². The van der Waals surface area contributed by atoms with Gasteiger partial charge in [-0.1, -0.05) is 0 Å². The predicted octanol–water partition coefficient (Wildman–Crippen LogP) is 1.70. The van der Waals surface area contributed by atoms with Crippen molar-refractivity contribution in [1.82, 2.24) is 29.9 Å². The van der Waals surface area contributed by atoms with Crippen molar-refractivity contribution in [3.8, 4) is 5.69 Å². The molecule has 7 nitrogen and oxygen atoms in total. The molecule has 0 amide bonds. The van der Waals surface area contributed by atoms with Gasteiger partial charge in [0.15, 0.2) is 0 Å². The van der Waals surface area contributed by atoms with Crippen LogP contribution < -0.4 is 5.32 Å². The van der Waals surface area contributed by atoms with E-state index in [-0.39, 0.29) is 12.1 Å². The lowest BCUT2D eigenvalue weighted by Crippen LogP contribution is -2.35. The number of nitrogens with zero attached hydrogens (tertiary/aromatic N) is 5. The molecule has 26 heavy (non-hydrogen) atoms. The molecule has 3 aromatic heterocycles. The highest BCUT2D eigenvalue weighted by Gasteiger charge is 2.32. The van der Waals surface area contributed by atoms with Crippen LogP contribution in [0.3, 0.4) is 0 Å². The summed E-state index contributed by atoms with van der Waals surface area (Å²) >= 11 is 0. The number of hydrogen-bond acceptors (Lipinski definition) is 5. The van der Waals surface area contributed by atoms with Crippen molar-refractivity contribution < 1.29 is 5.11 Å². The van der Waals surface area contributed by atoms with Gasteiger partial charge in [-0.15, -0.1) is 0 Å². The summed E-state index contributed by atoms with van der Waals surface area (Å²) in [5.74, 6) is 0.447. The standard InChI is InChI=1S/C19H24N6O/c1-14-16(13-25(23-14)17-3-6-20-7-4-17)11-21-18-9-15(10-19(18)26)12-24-8-2-5-22-24/h2-8,13,15,18-19,21,26H,9-12H2,1H3/t15?,18-,19-/m1/s1. The minimum Gasteiger partial charge on any atom is -0.391 e. The Kier molecular flexibility index (Phi) is 4.81. The highest BCUT2D eigenvalue weighted by atomic mass is 16.3. The van der Waals surface area contributed by atoms with E-state index in [1.54, 1.807) is 18.6 Å². The fourth-order valence-corrected chi connectivity index (χ4v) is 3.70. The van der Waals surface area contributed by atoms with E-state index in [0.29, 0.717) is 12.5 Å². The van der Waals surface area contributed by atoms with Crippen molar-refractivity contribution in [1.29, 1.82) is 0 Å². The molecule has 3 aromatic rings. The zero-order chi connectivity index (χ0) is 17.9. The zero-order valence-electron chi connectivity index (χ0n) is 14.9. The molecule has 1 aliphatic carbocycles. The van der Waals surface area contributed by atoms with Gasteiger partial charge in [-0.25, -0.2) is 4.68 Å². The van der Waals surface area contributed by atoms with Crippen LogP contribution in [0.1, 0.15) is 24.1 Å². The number of aliphatic hydroxyl groups excluding tert-OH is 1. The Morgan fingerprint density at radius 1 is 1.23 bits per heavy atom. The van der Waals surface area contributed by atoms with E-state index in [4.69, 9.17) is 0 Å². The Morgan fingerprint density at radius 3 is 2.85 bits per heavy atom. The molecule has 3 heterocycles. The Labute approximate surface area is 152 Å². The third-order valence-electron chi connectivity index (χ3n) is 5.11. The average Bonchev–Trinajstić information content (AvgIpc) is 3.36. The number of aryl methyl sites for hydroxylation is 1. The topological polar surface area (TPSA) is 80.8 Å². The minimum absolute atomic E-state index is 0.110. The molecule has 3 atom stereocenters. The third kappa shape index (κ3) is 3.68. The zero-order valence-corrected chi connectivity index (χ0v) is 14.9. The summed E-state index contributed by atoms with van der Waals surface area (Å²) < 4.78 is 3.82. The molecule has 0 aliphatic heterocycles. The first kappa shape index (κ1) is 16.9. The first-order valence-corrected chi connectivity index (χ1v) is 9.03. The van der Waals surface area contributed by atoms with E-state index in [2.05, 4.69) is 20.5 Å². The Balaban J connectivity index is 1.36. The van der Waals surface area contributed by atoms with Gasteiger partial charge < -0.3 is 10.4 Å². The Hall–Kier alpha value is -2.51. The van der Waals surface area contributed by atoms with Crippen LogP contribution in [0.5, 0.6) is 0 Å². The molecule has 4 rings (SSSR count). The fraction of sp³-hybridized carbons (Fsp3) is 0.421. The van der Waals surface area contributed by atoms with E-state index in [1.165, 1.54) is 0 Å². The Morgan fingerprint density at radius 2 is 2.08 bits per heavy atom. The molecule has 1 saturated carbocycles. The van der Waals surface area contributed by atoms with Crippen LogP contribution in [-0.2, 0) is 13.1 Å². The largest absolute Gasteiger partial charge is 0.391 e. The monoisotopic (exact) mass is 352 g/mol. The molecule has 1 fully saturated rings. The van der Waals surface area contributed by atoms with Gasteiger partial charge in [0.2, 0.25) is 0 Å². The molecule has 1 unspecified atom stereocenters. The van der Waals surface area contributed by atoms with Gasteiger partial charge in [0.1, 0.15) is 0 Å². The van der Waals surface area contributed by atoms with Crippen molar-refractivity contribution in [3.63, 3.8) is 0 Å². The minimum atomic E-state index is -0.314. The second-order valence-corrected chi connectivity index (χ2v) is 7.01. The quantitative estimate of drug-likeness (QED) is 0.706. The van der Waals surface area contributed by atoms with E-state index in [9.17, 15) is 5.11 Å². The number of aromatic nitrogens is 5. The lowest BCUT2D eigenvalue weighted by atomic mass is 10.1. The number of pyridine rings is 1. The maximum atomic E-state index is 10.4. The van der Waals surface area contributed by atoms with Crippen LogP contribution in [0.4, 0.5) is 0 Å². The van der Waals surface area contributed by atoms with Gasteiger partial charge in [0, 0.05) is 55.7 Å². The summed E-state index contributed by atoms with van der Waals surface area (Å²) in [6, 6.07) is 5.91. The number of hydrogen-bond donors (Lipinski definition) is 2. The third-order valence-corrected chi connectivity index (χ3v) is 5.11. The van der Waals surface area contributed by atoms with Gasteiger partial charge in [0.25, 0.3) is 0 Å². The van der Waals surface area contributed by atoms with Crippen LogP contribution in [0, 0.1) is 12.8 Å². The number of aliphatic hydroxyl groups is 1. The normalized spacial score (nSPS) is 22.8. The van der Waals surface area contributed by atoms with Gasteiger partial charge >= 0.3 is 0 Å². The molecular formula is C19H24N6O.